The molecule has 2 aromatic carbocycles. The molecule has 15 heteroatoms. The van der Waals surface area contributed by atoms with Gasteiger partial charge in [-0.15, -0.1) is 0 Å². The van der Waals surface area contributed by atoms with Crippen LogP contribution in [0.3, 0.4) is 0 Å². The van der Waals surface area contributed by atoms with E-state index in [0.29, 0.717) is 42.7 Å². The molecule has 0 saturated carbocycles. The number of para-hydroxylation sites is 1. The van der Waals surface area contributed by atoms with E-state index in [1.165, 1.54) is 0 Å². The minimum absolute atomic E-state index is 0.0384. The summed E-state index contributed by atoms with van der Waals surface area (Å²) in [5, 5.41) is 0. The fourth-order valence-corrected chi connectivity index (χ4v) is 8.05. The van der Waals surface area contributed by atoms with E-state index in [4.69, 9.17) is 31.5 Å². The highest BCUT2D eigenvalue weighted by Crippen LogP contribution is 2.56. The molecule has 1 unspecified atom stereocenters. The molecule has 0 aliphatic heterocycles. The SMILES string of the molecule is CCCc1oc(=O)oc1COP(=O)(OCc1oc(=O)oc1CCC)C(CCc1cccc(Oc2ccccc2)c1)CS(=O)(=O)O. The molecular formula is C30H35O13PS. The highest BCUT2D eigenvalue weighted by molar-refractivity contribution is 7.86. The average molecular weight is 667 g/mol. The van der Waals surface area contributed by atoms with Crippen LogP contribution in [0.2, 0.25) is 0 Å². The van der Waals surface area contributed by atoms with Gasteiger partial charge < -0.3 is 31.5 Å². The van der Waals surface area contributed by atoms with Crippen LogP contribution < -0.4 is 16.4 Å². The van der Waals surface area contributed by atoms with Crippen LogP contribution in [0.15, 0.2) is 81.9 Å². The van der Waals surface area contributed by atoms with Gasteiger partial charge in [0.2, 0.25) is 0 Å². The molecule has 244 valence electrons. The Labute approximate surface area is 259 Å². The average Bonchev–Trinajstić information content (AvgIpc) is 3.53. The second-order valence-electron chi connectivity index (χ2n) is 10.2. The van der Waals surface area contributed by atoms with Crippen molar-refractivity contribution in [2.24, 2.45) is 0 Å². The standard InChI is InChI=1S/C30H35O13PS/c1-3-9-25-27(42-29(31)40-25)18-37-44(33,38-19-28-26(10-4-2)41-30(32)43-28)24(20-45(34,35)36)16-15-21-11-8-14-23(17-21)39-22-12-6-5-7-13-22/h5-8,11-14,17,24H,3-4,9-10,15-16,18-20H2,1-2H3,(H,34,35,36). The number of hydrogen-bond donors (Lipinski definition) is 1. The van der Waals surface area contributed by atoms with Gasteiger partial charge in [-0.2, -0.15) is 8.42 Å². The van der Waals surface area contributed by atoms with Crippen LogP contribution in [0.1, 0.15) is 61.7 Å². The molecule has 0 radical (unpaired) electrons. The molecule has 1 N–H and O–H groups in total. The first-order valence-electron chi connectivity index (χ1n) is 14.4. The molecule has 0 saturated heterocycles. The number of ether oxygens (including phenoxy) is 1. The van der Waals surface area contributed by atoms with Crippen LogP contribution >= 0.6 is 7.60 Å². The van der Waals surface area contributed by atoms with E-state index in [1.54, 1.807) is 36.4 Å². The summed E-state index contributed by atoms with van der Waals surface area (Å²) in [4.78, 5) is 23.6. The summed E-state index contributed by atoms with van der Waals surface area (Å²) in [5.41, 5.74) is -0.680. The van der Waals surface area contributed by atoms with Crippen LogP contribution in [0.25, 0.3) is 0 Å². The van der Waals surface area contributed by atoms with E-state index in [0.717, 1.165) is 0 Å². The molecule has 0 spiro atoms. The Hall–Kier alpha value is -3.68. The molecule has 45 heavy (non-hydrogen) atoms. The van der Waals surface area contributed by atoms with E-state index in [2.05, 4.69) is 0 Å². The first-order valence-corrected chi connectivity index (χ1v) is 17.6. The van der Waals surface area contributed by atoms with Gasteiger partial charge in [0.15, 0.2) is 23.0 Å². The molecule has 0 aliphatic carbocycles. The minimum atomic E-state index is -4.69. The number of hydrogen-bond acceptors (Lipinski definition) is 12. The Morgan fingerprint density at radius 2 is 1.29 bits per heavy atom. The topological polar surface area (TPSA) is 186 Å². The fourth-order valence-electron chi connectivity index (χ4n) is 4.57. The third-order valence-electron chi connectivity index (χ3n) is 6.65. The lowest BCUT2D eigenvalue weighted by molar-refractivity contribution is 0.161. The summed E-state index contributed by atoms with van der Waals surface area (Å²) < 4.78 is 86.2. The predicted octanol–water partition coefficient (Wildman–Crippen LogP) is 6.29. The summed E-state index contributed by atoms with van der Waals surface area (Å²) in [5.74, 6) is -1.51. The Bertz CT molecular complexity index is 1730. The van der Waals surface area contributed by atoms with Crippen molar-refractivity contribution < 1.29 is 49.0 Å². The van der Waals surface area contributed by atoms with Gasteiger partial charge in [-0.05, 0) is 55.5 Å². The van der Waals surface area contributed by atoms with E-state index >= 15 is 0 Å². The molecule has 4 aromatic rings. The predicted molar refractivity (Wildman–Crippen MR) is 161 cm³/mol. The lowest BCUT2D eigenvalue weighted by Gasteiger charge is -2.26. The summed E-state index contributed by atoms with van der Waals surface area (Å²) >= 11 is 0. The first-order chi connectivity index (χ1) is 21.5. The van der Waals surface area contributed by atoms with Crippen molar-refractivity contribution in [3.63, 3.8) is 0 Å². The van der Waals surface area contributed by atoms with Gasteiger partial charge >= 0.3 is 19.2 Å². The third kappa shape index (κ3) is 10.2. The van der Waals surface area contributed by atoms with Gasteiger partial charge in [0, 0.05) is 12.8 Å². The first kappa shape index (κ1) is 34.2. The van der Waals surface area contributed by atoms with Crippen LogP contribution in [-0.4, -0.2) is 24.4 Å². The van der Waals surface area contributed by atoms with Gasteiger partial charge in [-0.1, -0.05) is 44.2 Å². The zero-order valence-corrected chi connectivity index (χ0v) is 26.6. The monoisotopic (exact) mass is 666 g/mol. The van der Waals surface area contributed by atoms with Crippen molar-refractivity contribution in [1.82, 2.24) is 0 Å². The second kappa shape index (κ2) is 15.5. The molecule has 0 amide bonds. The van der Waals surface area contributed by atoms with Crippen molar-refractivity contribution >= 4 is 17.7 Å². The molecule has 13 nitrogen and oxygen atoms in total. The van der Waals surface area contributed by atoms with Crippen LogP contribution in [0.5, 0.6) is 11.5 Å². The minimum Gasteiger partial charge on any atom is -0.457 e. The van der Waals surface area contributed by atoms with Gasteiger partial charge in [0.05, 0.1) is 11.4 Å². The van der Waals surface area contributed by atoms with Gasteiger partial charge in [-0.25, -0.2) is 9.59 Å². The van der Waals surface area contributed by atoms with Crippen LogP contribution in [0, 0.1) is 0 Å². The van der Waals surface area contributed by atoms with Gasteiger partial charge in [-0.3, -0.25) is 9.12 Å². The fraction of sp³-hybridized carbons (Fsp3) is 0.400. The molecular weight excluding hydrogens is 631 g/mol. The highest BCUT2D eigenvalue weighted by Gasteiger charge is 2.40. The lowest BCUT2D eigenvalue weighted by atomic mass is 10.1. The van der Waals surface area contributed by atoms with Crippen LogP contribution in [-0.2, 0) is 56.2 Å². The molecule has 1 atom stereocenters. The second-order valence-corrected chi connectivity index (χ2v) is 14.0. The Morgan fingerprint density at radius 3 is 1.82 bits per heavy atom. The molecule has 0 aliphatic rings. The summed E-state index contributed by atoms with van der Waals surface area (Å²) in [6, 6.07) is 16.1. The maximum Gasteiger partial charge on any atom is 0.519 e. The van der Waals surface area contributed by atoms with Gasteiger partial charge in [0.1, 0.15) is 24.7 Å². The number of rotatable bonds is 18. The maximum atomic E-state index is 14.5. The molecule has 0 bridgehead atoms. The van der Waals surface area contributed by atoms with Crippen molar-refractivity contribution in [3.8, 4) is 11.5 Å². The Balaban J connectivity index is 1.62. The zero-order valence-electron chi connectivity index (χ0n) is 24.8. The van der Waals surface area contributed by atoms with Crippen molar-refractivity contribution in [1.29, 1.82) is 0 Å². The van der Waals surface area contributed by atoms with E-state index in [9.17, 15) is 27.1 Å². The van der Waals surface area contributed by atoms with E-state index in [-0.39, 0.29) is 35.9 Å². The Kier molecular flexibility index (Phi) is 11.8. The Morgan fingerprint density at radius 1 is 0.756 bits per heavy atom. The molecule has 2 aromatic heterocycles. The largest absolute Gasteiger partial charge is 0.519 e. The van der Waals surface area contributed by atoms with Crippen LogP contribution in [0.4, 0.5) is 0 Å². The normalized spacial score (nSPS) is 12.8. The zero-order chi connectivity index (χ0) is 32.5. The summed E-state index contributed by atoms with van der Waals surface area (Å²) in [7, 11) is -9.19. The third-order valence-corrected chi connectivity index (χ3v) is 10.0. The van der Waals surface area contributed by atoms with Gasteiger partial charge in [0.25, 0.3) is 10.1 Å². The van der Waals surface area contributed by atoms with Crippen molar-refractivity contribution in [3.05, 3.63) is 104 Å². The van der Waals surface area contributed by atoms with Crippen molar-refractivity contribution in [2.45, 2.75) is 71.2 Å². The quantitative estimate of drug-likeness (QED) is 0.0923. The molecule has 2 heterocycles. The molecule has 0 fully saturated rings. The smallest absolute Gasteiger partial charge is 0.457 e. The molecule has 4 rings (SSSR count). The van der Waals surface area contributed by atoms with Crippen molar-refractivity contribution in [2.75, 3.05) is 5.75 Å². The summed E-state index contributed by atoms with van der Waals surface area (Å²) in [6.07, 6.45) is 1.95. The maximum absolute atomic E-state index is 14.5. The lowest BCUT2D eigenvalue weighted by Crippen LogP contribution is -2.24. The number of benzene rings is 2. The van der Waals surface area contributed by atoms with E-state index in [1.807, 2.05) is 32.0 Å². The van der Waals surface area contributed by atoms with E-state index < -0.39 is 54.0 Å². The highest BCUT2D eigenvalue weighted by atomic mass is 32.2. The summed E-state index contributed by atoms with van der Waals surface area (Å²) in [6.45, 7) is 2.58. The number of aryl methyl sites for hydroxylation is 3.